The zero-order valence-electron chi connectivity index (χ0n) is 32.5. The Balaban J connectivity index is 3.62. The summed E-state index contributed by atoms with van der Waals surface area (Å²) >= 11 is 0. The Morgan fingerprint density at radius 3 is 1.38 bits per heavy atom. The quantitative estimate of drug-likeness (QED) is 0.0380. The van der Waals surface area contributed by atoms with E-state index in [4.69, 9.17) is 9.47 Å². The van der Waals surface area contributed by atoms with Crippen LogP contribution in [0.25, 0.3) is 0 Å². The average Bonchev–Trinajstić information content (AvgIpc) is 3.10. The van der Waals surface area contributed by atoms with Crippen molar-refractivity contribution >= 4 is 11.9 Å². The lowest BCUT2D eigenvalue weighted by Crippen LogP contribution is -2.28. The van der Waals surface area contributed by atoms with Crippen molar-refractivity contribution in [1.82, 2.24) is 0 Å². The SMILES string of the molecule is CCCCCCCCCCCCCCCCCCCCC(=O)O[C@@H](CO)COC(=O)CCC/C=C\C/C=C\C/C=C\C/C=C\CCC[C@@H](C)O. The summed E-state index contributed by atoms with van der Waals surface area (Å²) in [4.78, 5) is 24.3. The number of aliphatic hydroxyl groups is 2. The van der Waals surface area contributed by atoms with E-state index in [0.29, 0.717) is 19.3 Å². The van der Waals surface area contributed by atoms with Gasteiger partial charge in [0, 0.05) is 12.8 Å². The van der Waals surface area contributed by atoms with Gasteiger partial charge in [-0.2, -0.15) is 0 Å². The summed E-state index contributed by atoms with van der Waals surface area (Å²) in [5, 5.41) is 18.8. The number of aliphatic hydroxyl groups excluding tert-OH is 2. The molecule has 0 aliphatic heterocycles. The molecule has 290 valence electrons. The van der Waals surface area contributed by atoms with Gasteiger partial charge in [-0.05, 0) is 64.7 Å². The van der Waals surface area contributed by atoms with Crippen molar-refractivity contribution in [3.05, 3.63) is 48.6 Å². The Bertz CT molecular complexity index is 859. The van der Waals surface area contributed by atoms with Crippen LogP contribution in [0.4, 0.5) is 0 Å². The van der Waals surface area contributed by atoms with Crippen molar-refractivity contribution in [2.45, 2.75) is 206 Å². The second-order valence-corrected chi connectivity index (χ2v) is 14.0. The highest BCUT2D eigenvalue weighted by Crippen LogP contribution is 2.15. The topological polar surface area (TPSA) is 93.1 Å². The van der Waals surface area contributed by atoms with Gasteiger partial charge in [0.05, 0.1) is 12.7 Å². The third kappa shape index (κ3) is 38.6. The third-order valence-electron chi connectivity index (χ3n) is 8.89. The van der Waals surface area contributed by atoms with Gasteiger partial charge in [-0.15, -0.1) is 0 Å². The first-order valence-electron chi connectivity index (χ1n) is 20.7. The summed E-state index contributed by atoms with van der Waals surface area (Å²) in [5.41, 5.74) is 0. The van der Waals surface area contributed by atoms with Crippen LogP contribution in [0.1, 0.15) is 194 Å². The Labute approximate surface area is 308 Å². The third-order valence-corrected chi connectivity index (χ3v) is 8.89. The van der Waals surface area contributed by atoms with Crippen molar-refractivity contribution in [2.24, 2.45) is 0 Å². The van der Waals surface area contributed by atoms with Crippen molar-refractivity contribution in [3.63, 3.8) is 0 Å². The lowest BCUT2D eigenvalue weighted by molar-refractivity contribution is -0.161. The minimum absolute atomic E-state index is 0.102. The molecule has 6 heteroatoms. The van der Waals surface area contributed by atoms with E-state index in [2.05, 4.69) is 55.5 Å². The number of hydrogen-bond donors (Lipinski definition) is 2. The number of esters is 2. The predicted molar refractivity (Wildman–Crippen MR) is 211 cm³/mol. The van der Waals surface area contributed by atoms with E-state index >= 15 is 0 Å². The Morgan fingerprint density at radius 1 is 0.540 bits per heavy atom. The summed E-state index contributed by atoms with van der Waals surface area (Å²) in [6.45, 7) is 3.65. The number of carbonyl (C=O) groups excluding carboxylic acids is 2. The number of ether oxygens (including phenoxy) is 2. The first-order chi connectivity index (χ1) is 24.5. The van der Waals surface area contributed by atoms with E-state index in [1.165, 1.54) is 96.3 Å². The standard InChI is InChI=1S/C44H78O6/c1-3-4-5-6-7-8-9-10-11-12-13-16-20-23-26-29-32-35-38-44(48)50-42(39-45)40-49-43(47)37-34-31-28-25-22-19-17-14-15-18-21-24-27-30-33-36-41(2)46/h15,17-19,24-25,27-28,41-42,45-46H,3-14,16,20-23,26,29-40H2,1-2H3/b18-15-,19-17-,27-24-,28-25-/t41-,42+/m1/s1. The van der Waals surface area contributed by atoms with E-state index in [1.54, 1.807) is 0 Å². The molecule has 0 aromatic rings. The van der Waals surface area contributed by atoms with Crippen LogP contribution in [0.15, 0.2) is 48.6 Å². The van der Waals surface area contributed by atoms with Crippen molar-refractivity contribution in [2.75, 3.05) is 13.2 Å². The van der Waals surface area contributed by atoms with Crippen LogP contribution in [0.2, 0.25) is 0 Å². The summed E-state index contributed by atoms with van der Waals surface area (Å²) in [5.74, 6) is -0.669. The van der Waals surface area contributed by atoms with Gasteiger partial charge < -0.3 is 19.7 Å². The number of allylic oxidation sites excluding steroid dienone is 8. The minimum atomic E-state index is -0.800. The van der Waals surface area contributed by atoms with E-state index in [1.807, 2.05) is 6.92 Å². The Kier molecular flexibility index (Phi) is 37.9. The fourth-order valence-electron chi connectivity index (χ4n) is 5.74. The largest absolute Gasteiger partial charge is 0.462 e. The van der Waals surface area contributed by atoms with Crippen LogP contribution in [0.3, 0.4) is 0 Å². The highest BCUT2D eigenvalue weighted by atomic mass is 16.6. The predicted octanol–water partition coefficient (Wildman–Crippen LogP) is 12.0. The molecule has 0 fully saturated rings. The molecular formula is C44H78O6. The van der Waals surface area contributed by atoms with Crippen LogP contribution in [-0.4, -0.2) is 47.6 Å². The van der Waals surface area contributed by atoms with E-state index in [0.717, 1.165) is 64.2 Å². The molecule has 0 aromatic heterocycles. The molecule has 0 spiro atoms. The highest BCUT2D eigenvalue weighted by molar-refractivity contribution is 5.70. The number of rotatable bonds is 37. The summed E-state index contributed by atoms with van der Waals surface area (Å²) in [7, 11) is 0. The lowest BCUT2D eigenvalue weighted by atomic mass is 10.0. The molecule has 0 aliphatic carbocycles. The molecule has 0 heterocycles. The van der Waals surface area contributed by atoms with E-state index < -0.39 is 6.10 Å². The molecule has 0 saturated carbocycles. The smallest absolute Gasteiger partial charge is 0.306 e. The zero-order chi connectivity index (χ0) is 36.6. The number of unbranched alkanes of at least 4 members (excludes halogenated alkanes) is 19. The number of carbonyl (C=O) groups is 2. The van der Waals surface area contributed by atoms with Gasteiger partial charge in [0.1, 0.15) is 6.61 Å². The van der Waals surface area contributed by atoms with Gasteiger partial charge in [0.2, 0.25) is 0 Å². The Hall–Kier alpha value is -2.18. The maximum atomic E-state index is 12.2. The van der Waals surface area contributed by atoms with Crippen LogP contribution in [0, 0.1) is 0 Å². The van der Waals surface area contributed by atoms with Gasteiger partial charge in [-0.25, -0.2) is 0 Å². The second-order valence-electron chi connectivity index (χ2n) is 14.0. The molecule has 0 rings (SSSR count). The molecule has 0 aromatic carbocycles. The molecular weight excluding hydrogens is 624 g/mol. The summed E-state index contributed by atoms with van der Waals surface area (Å²) in [6, 6.07) is 0. The molecule has 0 saturated heterocycles. The maximum absolute atomic E-state index is 12.2. The zero-order valence-corrected chi connectivity index (χ0v) is 32.5. The van der Waals surface area contributed by atoms with Gasteiger partial charge >= 0.3 is 11.9 Å². The van der Waals surface area contributed by atoms with Gasteiger partial charge in [0.15, 0.2) is 6.10 Å². The monoisotopic (exact) mass is 703 g/mol. The first-order valence-corrected chi connectivity index (χ1v) is 20.7. The minimum Gasteiger partial charge on any atom is -0.462 e. The highest BCUT2D eigenvalue weighted by Gasteiger charge is 2.16. The molecule has 0 aliphatic rings. The maximum Gasteiger partial charge on any atom is 0.306 e. The molecule has 6 nitrogen and oxygen atoms in total. The van der Waals surface area contributed by atoms with Crippen LogP contribution >= 0.6 is 0 Å². The molecule has 0 amide bonds. The van der Waals surface area contributed by atoms with Crippen LogP contribution in [-0.2, 0) is 19.1 Å². The van der Waals surface area contributed by atoms with Crippen molar-refractivity contribution in [3.8, 4) is 0 Å². The van der Waals surface area contributed by atoms with E-state index in [-0.39, 0.29) is 31.3 Å². The molecule has 0 radical (unpaired) electrons. The molecule has 0 bridgehead atoms. The van der Waals surface area contributed by atoms with E-state index in [9.17, 15) is 19.8 Å². The average molecular weight is 703 g/mol. The van der Waals surface area contributed by atoms with Crippen molar-refractivity contribution < 1.29 is 29.3 Å². The summed E-state index contributed by atoms with van der Waals surface area (Å²) < 4.78 is 10.6. The first kappa shape index (κ1) is 47.8. The normalized spacial score (nSPS) is 13.3. The summed E-state index contributed by atoms with van der Waals surface area (Å²) in [6.07, 6.45) is 47.4. The molecule has 2 N–H and O–H groups in total. The molecule has 2 atom stereocenters. The van der Waals surface area contributed by atoms with Gasteiger partial charge in [-0.3, -0.25) is 9.59 Å². The van der Waals surface area contributed by atoms with Crippen molar-refractivity contribution in [1.29, 1.82) is 0 Å². The van der Waals surface area contributed by atoms with Gasteiger partial charge in [0.25, 0.3) is 0 Å². The fourth-order valence-corrected chi connectivity index (χ4v) is 5.74. The van der Waals surface area contributed by atoms with Gasteiger partial charge in [-0.1, -0.05) is 165 Å². The second kappa shape index (κ2) is 39.6. The van der Waals surface area contributed by atoms with Crippen LogP contribution < -0.4 is 0 Å². The lowest BCUT2D eigenvalue weighted by Gasteiger charge is -2.15. The fraction of sp³-hybridized carbons (Fsp3) is 0.773. The Morgan fingerprint density at radius 2 is 0.940 bits per heavy atom. The number of hydrogen-bond acceptors (Lipinski definition) is 6. The van der Waals surface area contributed by atoms with Crippen LogP contribution in [0.5, 0.6) is 0 Å². The molecule has 0 unspecified atom stereocenters. The molecule has 50 heavy (non-hydrogen) atoms.